The SMILES string of the molecule is CNC(=O)C1c2ccccc2CC(=O)N1CC1CC1. The van der Waals surface area contributed by atoms with Crippen molar-refractivity contribution in [2.24, 2.45) is 5.92 Å². The molecule has 3 rings (SSSR count). The van der Waals surface area contributed by atoms with E-state index in [4.69, 9.17) is 0 Å². The summed E-state index contributed by atoms with van der Waals surface area (Å²) >= 11 is 0. The normalized spacial score (nSPS) is 22.1. The van der Waals surface area contributed by atoms with Gasteiger partial charge >= 0.3 is 0 Å². The highest BCUT2D eigenvalue weighted by molar-refractivity contribution is 5.92. The highest BCUT2D eigenvalue weighted by Gasteiger charge is 2.39. The largest absolute Gasteiger partial charge is 0.357 e. The first-order valence-corrected chi connectivity index (χ1v) is 6.79. The van der Waals surface area contributed by atoms with Gasteiger partial charge in [-0.1, -0.05) is 24.3 Å². The highest BCUT2D eigenvalue weighted by Crippen LogP contribution is 2.36. The lowest BCUT2D eigenvalue weighted by Crippen LogP contribution is -2.47. The number of rotatable bonds is 3. The third-order valence-corrected chi connectivity index (χ3v) is 3.97. The van der Waals surface area contributed by atoms with Crippen molar-refractivity contribution in [2.45, 2.75) is 25.3 Å². The number of carbonyl (C=O) groups is 2. The van der Waals surface area contributed by atoms with Gasteiger partial charge < -0.3 is 10.2 Å². The Morgan fingerprint density at radius 3 is 2.79 bits per heavy atom. The zero-order chi connectivity index (χ0) is 13.4. The lowest BCUT2D eigenvalue weighted by atomic mass is 9.91. The Balaban J connectivity index is 1.99. The first-order chi connectivity index (χ1) is 9.20. The number of fused-ring (bicyclic) bond motifs is 1. The van der Waals surface area contributed by atoms with Gasteiger partial charge in [-0.05, 0) is 29.9 Å². The van der Waals surface area contributed by atoms with E-state index in [2.05, 4.69) is 5.32 Å². The first-order valence-electron chi connectivity index (χ1n) is 6.79. The lowest BCUT2D eigenvalue weighted by molar-refractivity contribution is -0.141. The summed E-state index contributed by atoms with van der Waals surface area (Å²) in [6.07, 6.45) is 2.76. The van der Waals surface area contributed by atoms with E-state index in [1.165, 1.54) is 12.8 Å². The minimum Gasteiger partial charge on any atom is -0.357 e. The molecule has 2 aliphatic rings. The van der Waals surface area contributed by atoms with E-state index in [0.29, 0.717) is 18.9 Å². The summed E-state index contributed by atoms with van der Waals surface area (Å²) < 4.78 is 0. The second kappa shape index (κ2) is 4.68. The average molecular weight is 258 g/mol. The van der Waals surface area contributed by atoms with Crippen molar-refractivity contribution in [2.75, 3.05) is 13.6 Å². The number of nitrogens with one attached hydrogen (secondary N) is 1. The Hall–Kier alpha value is -1.84. The molecule has 1 heterocycles. The summed E-state index contributed by atoms with van der Waals surface area (Å²) in [7, 11) is 1.62. The van der Waals surface area contributed by atoms with E-state index in [9.17, 15) is 9.59 Å². The van der Waals surface area contributed by atoms with Crippen molar-refractivity contribution in [3.05, 3.63) is 35.4 Å². The van der Waals surface area contributed by atoms with Crippen LogP contribution in [0.4, 0.5) is 0 Å². The molecule has 1 aromatic carbocycles. The van der Waals surface area contributed by atoms with E-state index in [1.54, 1.807) is 11.9 Å². The number of hydrogen-bond acceptors (Lipinski definition) is 2. The summed E-state index contributed by atoms with van der Waals surface area (Å²) in [5.74, 6) is 0.557. The molecule has 1 aliphatic heterocycles. The minimum atomic E-state index is -0.456. The third-order valence-electron chi connectivity index (χ3n) is 3.97. The van der Waals surface area contributed by atoms with E-state index < -0.39 is 6.04 Å². The van der Waals surface area contributed by atoms with Crippen molar-refractivity contribution in [3.8, 4) is 0 Å². The number of hydrogen-bond donors (Lipinski definition) is 1. The lowest BCUT2D eigenvalue weighted by Gasteiger charge is -2.36. The molecular formula is C15H18N2O2. The average Bonchev–Trinajstić information content (AvgIpc) is 3.23. The van der Waals surface area contributed by atoms with Gasteiger partial charge in [0.1, 0.15) is 6.04 Å². The van der Waals surface area contributed by atoms with E-state index in [1.807, 2.05) is 24.3 Å². The second-order valence-electron chi connectivity index (χ2n) is 5.38. The van der Waals surface area contributed by atoms with Crippen LogP contribution in [0.1, 0.15) is 30.0 Å². The standard InChI is InChI=1S/C15H18N2O2/c1-16-15(19)14-12-5-3-2-4-11(12)8-13(18)17(14)9-10-6-7-10/h2-5,10,14H,6-9H2,1H3,(H,16,19). The topological polar surface area (TPSA) is 49.4 Å². The maximum Gasteiger partial charge on any atom is 0.247 e. The quantitative estimate of drug-likeness (QED) is 0.887. The number of amides is 2. The van der Waals surface area contributed by atoms with Crippen molar-refractivity contribution < 1.29 is 9.59 Å². The number of carbonyl (C=O) groups excluding carboxylic acids is 2. The molecule has 0 bridgehead atoms. The van der Waals surface area contributed by atoms with Crippen molar-refractivity contribution in [3.63, 3.8) is 0 Å². The molecule has 1 N–H and O–H groups in total. The summed E-state index contributed by atoms with van der Waals surface area (Å²) in [6, 6.07) is 7.30. The van der Waals surface area contributed by atoms with Gasteiger partial charge in [0.25, 0.3) is 0 Å². The molecule has 1 saturated carbocycles. The van der Waals surface area contributed by atoms with E-state index in [-0.39, 0.29) is 11.8 Å². The summed E-state index contributed by atoms with van der Waals surface area (Å²) in [5, 5.41) is 2.69. The summed E-state index contributed by atoms with van der Waals surface area (Å²) in [4.78, 5) is 26.2. The molecule has 0 aromatic heterocycles. The van der Waals surface area contributed by atoms with Crippen molar-refractivity contribution in [1.29, 1.82) is 0 Å². The molecule has 2 amide bonds. The Labute approximate surface area is 112 Å². The van der Waals surface area contributed by atoms with Crippen LogP contribution in [0.2, 0.25) is 0 Å². The Kier molecular flexibility index (Phi) is 3.01. The van der Waals surface area contributed by atoms with Crippen molar-refractivity contribution >= 4 is 11.8 Å². The fraction of sp³-hybridized carbons (Fsp3) is 0.467. The molecular weight excluding hydrogens is 240 g/mol. The van der Waals surface area contributed by atoms with Crippen LogP contribution in [0.3, 0.4) is 0 Å². The fourth-order valence-corrected chi connectivity index (χ4v) is 2.74. The van der Waals surface area contributed by atoms with Crippen LogP contribution in [-0.4, -0.2) is 30.3 Å². The molecule has 1 aliphatic carbocycles. The summed E-state index contributed by atoms with van der Waals surface area (Å²) in [5.41, 5.74) is 1.95. The zero-order valence-electron chi connectivity index (χ0n) is 11.1. The molecule has 19 heavy (non-hydrogen) atoms. The van der Waals surface area contributed by atoms with Crippen LogP contribution in [-0.2, 0) is 16.0 Å². The van der Waals surface area contributed by atoms with Gasteiger partial charge in [0, 0.05) is 13.6 Å². The van der Waals surface area contributed by atoms with Crippen LogP contribution in [0.15, 0.2) is 24.3 Å². The molecule has 1 aromatic rings. The Bertz CT molecular complexity index is 523. The van der Waals surface area contributed by atoms with Gasteiger partial charge in [0.05, 0.1) is 6.42 Å². The number of nitrogens with zero attached hydrogens (tertiary/aromatic N) is 1. The molecule has 0 saturated heterocycles. The third kappa shape index (κ3) is 2.23. The number of likely N-dealkylation sites (N-methyl/N-ethyl adjacent to an activating group) is 1. The Morgan fingerprint density at radius 2 is 2.11 bits per heavy atom. The fourth-order valence-electron chi connectivity index (χ4n) is 2.74. The van der Waals surface area contributed by atoms with Crippen LogP contribution in [0, 0.1) is 5.92 Å². The molecule has 1 fully saturated rings. The molecule has 4 heteroatoms. The van der Waals surface area contributed by atoms with Gasteiger partial charge in [0.15, 0.2) is 0 Å². The van der Waals surface area contributed by atoms with E-state index in [0.717, 1.165) is 11.1 Å². The smallest absolute Gasteiger partial charge is 0.247 e. The second-order valence-corrected chi connectivity index (χ2v) is 5.38. The zero-order valence-corrected chi connectivity index (χ0v) is 11.1. The van der Waals surface area contributed by atoms with Gasteiger partial charge in [-0.2, -0.15) is 0 Å². The molecule has 0 radical (unpaired) electrons. The van der Waals surface area contributed by atoms with Crippen LogP contribution in [0.25, 0.3) is 0 Å². The maximum atomic E-state index is 12.3. The van der Waals surface area contributed by atoms with Gasteiger partial charge in [-0.3, -0.25) is 9.59 Å². The molecule has 100 valence electrons. The number of benzene rings is 1. The molecule has 1 unspecified atom stereocenters. The molecule has 0 spiro atoms. The van der Waals surface area contributed by atoms with Gasteiger partial charge in [-0.25, -0.2) is 0 Å². The first kappa shape index (κ1) is 12.2. The van der Waals surface area contributed by atoms with Crippen molar-refractivity contribution in [1.82, 2.24) is 10.2 Å². The molecule has 1 atom stereocenters. The predicted octanol–water partition coefficient (Wildman–Crippen LogP) is 1.27. The van der Waals surface area contributed by atoms with Gasteiger partial charge in [0.2, 0.25) is 11.8 Å². The predicted molar refractivity (Wildman–Crippen MR) is 71.4 cm³/mol. The van der Waals surface area contributed by atoms with E-state index >= 15 is 0 Å². The monoisotopic (exact) mass is 258 g/mol. The van der Waals surface area contributed by atoms with Gasteiger partial charge in [-0.15, -0.1) is 0 Å². The highest BCUT2D eigenvalue weighted by atomic mass is 16.2. The maximum absolute atomic E-state index is 12.3. The molecule has 4 nitrogen and oxygen atoms in total. The van der Waals surface area contributed by atoms with Crippen LogP contribution < -0.4 is 5.32 Å². The summed E-state index contributed by atoms with van der Waals surface area (Å²) in [6.45, 7) is 0.714. The van der Waals surface area contributed by atoms with Crippen LogP contribution in [0.5, 0.6) is 0 Å². The minimum absolute atomic E-state index is 0.0687. The van der Waals surface area contributed by atoms with Crippen LogP contribution >= 0.6 is 0 Å². The Morgan fingerprint density at radius 1 is 1.37 bits per heavy atom.